The normalized spacial score (nSPS) is 15.7. The number of benzene rings is 4. The number of ether oxygens (including phenoxy) is 2. The Hall–Kier alpha value is -3.99. The summed E-state index contributed by atoms with van der Waals surface area (Å²) in [6.45, 7) is 2.96. The smallest absolute Gasteiger partial charge is 0.341 e. The molecule has 5 nitrogen and oxygen atoms in total. The molecule has 184 valence electrons. The molecule has 1 aliphatic rings. The van der Waals surface area contributed by atoms with E-state index < -0.39 is 5.97 Å². The number of phenolic OH excluding ortho intramolecular Hbond substituents is 1. The van der Waals surface area contributed by atoms with E-state index in [1.807, 2.05) is 30.3 Å². The van der Waals surface area contributed by atoms with Crippen molar-refractivity contribution in [2.45, 2.75) is 38.2 Å². The largest absolute Gasteiger partial charge is 0.507 e. The van der Waals surface area contributed by atoms with Crippen molar-refractivity contribution >= 4 is 28.1 Å². The lowest BCUT2D eigenvalue weighted by molar-refractivity contribution is 0.0597. The van der Waals surface area contributed by atoms with Gasteiger partial charge in [-0.1, -0.05) is 61.5 Å². The van der Waals surface area contributed by atoms with E-state index in [4.69, 9.17) is 9.47 Å². The third-order valence-corrected chi connectivity index (χ3v) is 7.05. The SMILES string of the molecule is COC(=O)c1cc(N2CC(CCC[C@H](C)c3cccc4ccccc34)Oc3ccccc32)ccc1O. The summed E-state index contributed by atoms with van der Waals surface area (Å²) in [5.74, 6) is 0.618. The molecule has 1 unspecified atom stereocenters. The quantitative estimate of drug-likeness (QED) is 0.283. The van der Waals surface area contributed by atoms with E-state index in [1.54, 1.807) is 12.1 Å². The molecule has 1 heterocycles. The first-order valence-corrected chi connectivity index (χ1v) is 12.5. The lowest BCUT2D eigenvalue weighted by Crippen LogP contribution is -2.37. The molecule has 0 radical (unpaired) electrons. The summed E-state index contributed by atoms with van der Waals surface area (Å²) in [5, 5.41) is 12.8. The summed E-state index contributed by atoms with van der Waals surface area (Å²) in [5.41, 5.74) is 3.31. The number of anilines is 2. The number of methoxy groups -OCH3 is 1. The highest BCUT2D eigenvalue weighted by atomic mass is 16.5. The summed E-state index contributed by atoms with van der Waals surface area (Å²) in [6.07, 6.45) is 3.03. The summed E-state index contributed by atoms with van der Waals surface area (Å²) in [4.78, 5) is 14.3. The Morgan fingerprint density at radius 3 is 2.69 bits per heavy atom. The second-order valence-corrected chi connectivity index (χ2v) is 9.41. The van der Waals surface area contributed by atoms with Crippen LogP contribution in [-0.4, -0.2) is 30.8 Å². The highest BCUT2D eigenvalue weighted by Crippen LogP contribution is 2.40. The Morgan fingerprint density at radius 2 is 1.83 bits per heavy atom. The molecule has 0 saturated heterocycles. The zero-order chi connectivity index (χ0) is 25.1. The number of hydrogen-bond acceptors (Lipinski definition) is 5. The van der Waals surface area contributed by atoms with Crippen molar-refractivity contribution in [2.75, 3.05) is 18.6 Å². The third kappa shape index (κ3) is 4.74. The number of carbonyl (C=O) groups excluding carboxylic acids is 1. The molecule has 5 rings (SSSR count). The number of carbonyl (C=O) groups is 1. The molecule has 36 heavy (non-hydrogen) atoms. The predicted molar refractivity (Wildman–Crippen MR) is 144 cm³/mol. The molecular weight excluding hydrogens is 450 g/mol. The molecular formula is C31H31NO4. The molecule has 0 fully saturated rings. The molecule has 0 spiro atoms. The van der Waals surface area contributed by atoms with Gasteiger partial charge in [-0.3, -0.25) is 0 Å². The van der Waals surface area contributed by atoms with Crippen molar-refractivity contribution in [3.8, 4) is 11.5 Å². The third-order valence-electron chi connectivity index (χ3n) is 7.05. The van der Waals surface area contributed by atoms with E-state index in [-0.39, 0.29) is 17.4 Å². The van der Waals surface area contributed by atoms with Crippen LogP contribution in [0.1, 0.15) is 48.0 Å². The highest BCUT2D eigenvalue weighted by molar-refractivity contribution is 5.94. The predicted octanol–water partition coefficient (Wildman–Crippen LogP) is 7.21. The summed E-state index contributed by atoms with van der Waals surface area (Å²) >= 11 is 0. The zero-order valence-electron chi connectivity index (χ0n) is 20.7. The molecule has 0 amide bonds. The molecule has 2 atom stereocenters. The first-order valence-electron chi connectivity index (χ1n) is 12.5. The van der Waals surface area contributed by atoms with E-state index in [0.29, 0.717) is 12.5 Å². The molecule has 0 saturated carbocycles. The van der Waals surface area contributed by atoms with Crippen molar-refractivity contribution in [2.24, 2.45) is 0 Å². The van der Waals surface area contributed by atoms with Gasteiger partial charge in [0.1, 0.15) is 23.2 Å². The first kappa shape index (κ1) is 23.7. The molecule has 5 heteroatoms. The number of phenols is 1. The lowest BCUT2D eigenvalue weighted by atomic mass is 9.90. The average Bonchev–Trinajstić information content (AvgIpc) is 2.92. The Bertz CT molecular complexity index is 1380. The van der Waals surface area contributed by atoms with Crippen molar-refractivity contribution < 1.29 is 19.4 Å². The van der Waals surface area contributed by atoms with Gasteiger partial charge in [-0.2, -0.15) is 0 Å². The number of fused-ring (bicyclic) bond motifs is 2. The van der Waals surface area contributed by atoms with Gasteiger partial charge in [-0.25, -0.2) is 4.79 Å². The zero-order valence-corrected chi connectivity index (χ0v) is 20.7. The maximum atomic E-state index is 12.2. The van der Waals surface area contributed by atoms with Gasteiger partial charge in [0.05, 0.1) is 19.3 Å². The number of para-hydroxylation sites is 2. The highest BCUT2D eigenvalue weighted by Gasteiger charge is 2.27. The average molecular weight is 482 g/mol. The van der Waals surface area contributed by atoms with Crippen LogP contribution >= 0.6 is 0 Å². The Kier molecular flexibility index (Phi) is 6.81. The molecule has 1 N–H and O–H groups in total. The fourth-order valence-electron chi connectivity index (χ4n) is 5.15. The standard InChI is InChI=1S/C31H31NO4/c1-21(25-14-8-11-22-10-3-4-13-26(22)25)9-7-12-24-20-32(28-15-5-6-16-30(28)36-24)23-17-18-29(33)27(19-23)31(34)35-2/h3-6,8,10-11,13-19,21,24,33H,7,9,12,20H2,1-2H3/t21-,24?/m0/s1. The van der Waals surface area contributed by atoms with Crippen LogP contribution < -0.4 is 9.64 Å². The number of rotatable bonds is 7. The van der Waals surface area contributed by atoms with Gasteiger partial charge in [0, 0.05) is 5.69 Å². The van der Waals surface area contributed by atoms with Crippen LogP contribution in [0.5, 0.6) is 11.5 Å². The van der Waals surface area contributed by atoms with Gasteiger partial charge in [0.25, 0.3) is 0 Å². The van der Waals surface area contributed by atoms with Gasteiger partial charge in [-0.05, 0) is 71.8 Å². The fourth-order valence-corrected chi connectivity index (χ4v) is 5.15. The monoisotopic (exact) mass is 481 g/mol. The van der Waals surface area contributed by atoms with E-state index in [1.165, 1.54) is 23.4 Å². The minimum Gasteiger partial charge on any atom is -0.507 e. The van der Waals surface area contributed by atoms with E-state index >= 15 is 0 Å². The maximum Gasteiger partial charge on any atom is 0.341 e. The van der Waals surface area contributed by atoms with Crippen LogP contribution in [-0.2, 0) is 4.74 Å². The van der Waals surface area contributed by atoms with Gasteiger partial charge >= 0.3 is 5.97 Å². The molecule has 4 aromatic carbocycles. The second kappa shape index (κ2) is 10.3. The first-order chi connectivity index (χ1) is 17.5. The van der Waals surface area contributed by atoms with Crippen molar-refractivity contribution in [3.05, 3.63) is 96.1 Å². The fraction of sp³-hybridized carbons (Fsp3) is 0.258. The van der Waals surface area contributed by atoms with Crippen LogP contribution in [0.25, 0.3) is 10.8 Å². The maximum absolute atomic E-state index is 12.2. The van der Waals surface area contributed by atoms with Gasteiger partial charge < -0.3 is 19.5 Å². The van der Waals surface area contributed by atoms with Crippen LogP contribution in [0, 0.1) is 0 Å². The minimum atomic E-state index is -0.560. The Morgan fingerprint density at radius 1 is 1.06 bits per heavy atom. The van der Waals surface area contributed by atoms with E-state index in [9.17, 15) is 9.90 Å². The van der Waals surface area contributed by atoms with Crippen molar-refractivity contribution in [1.29, 1.82) is 0 Å². The van der Waals surface area contributed by atoms with E-state index in [0.717, 1.165) is 36.4 Å². The summed E-state index contributed by atoms with van der Waals surface area (Å²) < 4.78 is 11.2. The summed E-state index contributed by atoms with van der Waals surface area (Å²) in [6, 6.07) is 28.1. The summed E-state index contributed by atoms with van der Waals surface area (Å²) in [7, 11) is 1.31. The van der Waals surface area contributed by atoms with Crippen LogP contribution in [0.4, 0.5) is 11.4 Å². The van der Waals surface area contributed by atoms with Gasteiger partial charge in [0.15, 0.2) is 0 Å². The second-order valence-electron chi connectivity index (χ2n) is 9.41. The van der Waals surface area contributed by atoms with Gasteiger partial charge in [-0.15, -0.1) is 0 Å². The van der Waals surface area contributed by atoms with Crippen LogP contribution in [0.3, 0.4) is 0 Å². The molecule has 0 aromatic heterocycles. The minimum absolute atomic E-state index is 0.00926. The van der Waals surface area contributed by atoms with E-state index in [2.05, 4.69) is 54.3 Å². The van der Waals surface area contributed by atoms with Crippen LogP contribution in [0.2, 0.25) is 0 Å². The topological polar surface area (TPSA) is 59.0 Å². The number of nitrogens with zero attached hydrogens (tertiary/aromatic N) is 1. The number of esters is 1. The van der Waals surface area contributed by atoms with Crippen molar-refractivity contribution in [3.63, 3.8) is 0 Å². The lowest BCUT2D eigenvalue weighted by Gasteiger charge is -2.36. The molecule has 0 bridgehead atoms. The van der Waals surface area contributed by atoms with Gasteiger partial charge in [0.2, 0.25) is 0 Å². The molecule has 4 aromatic rings. The number of aromatic hydroxyl groups is 1. The van der Waals surface area contributed by atoms with Crippen LogP contribution in [0.15, 0.2) is 84.9 Å². The molecule has 0 aliphatic carbocycles. The number of hydrogen-bond donors (Lipinski definition) is 1. The Balaban J connectivity index is 1.32. The Labute approximate surface area is 211 Å². The molecule has 1 aliphatic heterocycles. The van der Waals surface area contributed by atoms with Crippen molar-refractivity contribution in [1.82, 2.24) is 0 Å².